The Kier molecular flexibility index (Phi) is 3.79. The zero-order valence-corrected chi connectivity index (χ0v) is 14.1. The van der Waals surface area contributed by atoms with Crippen LogP contribution in [0, 0.1) is 11.8 Å². The van der Waals surface area contributed by atoms with Gasteiger partial charge in [0, 0.05) is 22.7 Å². The lowest BCUT2D eigenvalue weighted by Gasteiger charge is -2.14. The molecule has 0 radical (unpaired) electrons. The van der Waals surface area contributed by atoms with Crippen molar-refractivity contribution in [1.82, 2.24) is 9.88 Å². The number of carbonyl (C=O) groups is 3. The monoisotopic (exact) mass is 336 g/mol. The fraction of sp³-hybridized carbons (Fsp3) is 0.350. The SMILES string of the molecule is CCc1cccc2c(C(=O)CN3C(=O)[C@H]4CC=CC[C@@H]4C3=O)c[nH]c12. The highest BCUT2D eigenvalue weighted by molar-refractivity contribution is 6.14. The molecule has 2 heterocycles. The molecule has 0 bridgehead atoms. The maximum Gasteiger partial charge on any atom is 0.233 e. The number of hydrogen-bond acceptors (Lipinski definition) is 3. The van der Waals surface area contributed by atoms with Crippen LogP contribution in [0.2, 0.25) is 0 Å². The number of hydrogen-bond donors (Lipinski definition) is 1. The van der Waals surface area contributed by atoms with Crippen molar-refractivity contribution in [3.63, 3.8) is 0 Å². The lowest BCUT2D eigenvalue weighted by Crippen LogP contribution is -2.36. The molecule has 2 aromatic rings. The van der Waals surface area contributed by atoms with Gasteiger partial charge in [-0.1, -0.05) is 37.3 Å². The van der Waals surface area contributed by atoms with Gasteiger partial charge >= 0.3 is 0 Å². The lowest BCUT2D eigenvalue weighted by atomic mass is 9.85. The molecule has 25 heavy (non-hydrogen) atoms. The van der Waals surface area contributed by atoms with Gasteiger partial charge in [0.2, 0.25) is 11.8 Å². The van der Waals surface area contributed by atoms with Crippen LogP contribution in [0.1, 0.15) is 35.7 Å². The molecule has 0 unspecified atom stereocenters. The topological polar surface area (TPSA) is 70.2 Å². The number of amides is 2. The van der Waals surface area contributed by atoms with Crippen LogP contribution in [-0.4, -0.2) is 34.0 Å². The van der Waals surface area contributed by atoms with E-state index in [1.165, 1.54) is 0 Å². The first-order chi connectivity index (χ1) is 12.1. The van der Waals surface area contributed by atoms with Gasteiger partial charge in [-0.25, -0.2) is 0 Å². The molecule has 1 fully saturated rings. The maximum atomic E-state index is 12.8. The van der Waals surface area contributed by atoms with Gasteiger partial charge in [-0.3, -0.25) is 19.3 Å². The van der Waals surface area contributed by atoms with Gasteiger partial charge in [-0.2, -0.15) is 0 Å². The molecular formula is C20H20N2O3. The number of fused-ring (bicyclic) bond motifs is 2. The van der Waals surface area contributed by atoms with E-state index in [4.69, 9.17) is 0 Å². The fourth-order valence-electron chi connectivity index (χ4n) is 4.00. The highest BCUT2D eigenvalue weighted by atomic mass is 16.2. The van der Waals surface area contributed by atoms with Crippen molar-refractivity contribution in [2.75, 3.05) is 6.54 Å². The minimum atomic E-state index is -0.292. The second-order valence-electron chi connectivity index (χ2n) is 6.74. The van der Waals surface area contributed by atoms with Gasteiger partial charge in [-0.15, -0.1) is 0 Å². The van der Waals surface area contributed by atoms with Crippen LogP contribution < -0.4 is 0 Å². The van der Waals surface area contributed by atoms with E-state index in [0.29, 0.717) is 18.4 Å². The van der Waals surface area contributed by atoms with Crippen LogP contribution in [0.25, 0.3) is 10.9 Å². The molecule has 1 aliphatic carbocycles. The van der Waals surface area contributed by atoms with Crippen LogP contribution in [0.3, 0.4) is 0 Å². The van der Waals surface area contributed by atoms with Crippen molar-refractivity contribution < 1.29 is 14.4 Å². The van der Waals surface area contributed by atoms with Gasteiger partial charge < -0.3 is 4.98 Å². The van der Waals surface area contributed by atoms with Crippen molar-refractivity contribution >= 4 is 28.5 Å². The van der Waals surface area contributed by atoms with Gasteiger partial charge in [0.15, 0.2) is 5.78 Å². The molecule has 2 aliphatic rings. The third-order valence-electron chi connectivity index (χ3n) is 5.38. The number of Topliss-reactive ketones (excluding diaryl/α,β-unsaturated/α-hetero) is 1. The van der Waals surface area contributed by atoms with E-state index in [0.717, 1.165) is 27.8 Å². The minimum absolute atomic E-state index is 0.173. The largest absolute Gasteiger partial charge is 0.360 e. The molecular weight excluding hydrogens is 316 g/mol. The first kappa shape index (κ1) is 15.8. The third-order valence-corrected chi connectivity index (χ3v) is 5.38. The molecule has 4 rings (SSSR count). The number of nitrogens with zero attached hydrogens (tertiary/aromatic N) is 1. The number of aromatic amines is 1. The molecule has 1 aromatic carbocycles. The number of likely N-dealkylation sites (tertiary alicyclic amines) is 1. The summed E-state index contributed by atoms with van der Waals surface area (Å²) in [5.74, 6) is -1.20. The first-order valence-electron chi connectivity index (χ1n) is 8.74. The van der Waals surface area contributed by atoms with Crippen molar-refractivity contribution in [2.45, 2.75) is 26.2 Å². The van der Waals surface area contributed by atoms with Crippen LogP contribution in [0.5, 0.6) is 0 Å². The number of carbonyl (C=O) groups excluding carboxylic acids is 3. The zero-order chi connectivity index (χ0) is 17.6. The van der Waals surface area contributed by atoms with Crippen LogP contribution in [-0.2, 0) is 16.0 Å². The van der Waals surface area contributed by atoms with E-state index in [-0.39, 0.29) is 36.0 Å². The molecule has 0 saturated carbocycles. The highest BCUT2D eigenvalue weighted by Crippen LogP contribution is 2.35. The average molecular weight is 336 g/mol. The zero-order valence-electron chi connectivity index (χ0n) is 14.1. The average Bonchev–Trinajstić information content (AvgIpc) is 3.17. The predicted octanol–water partition coefficient (Wildman–Crippen LogP) is 2.86. The van der Waals surface area contributed by atoms with E-state index in [1.54, 1.807) is 6.20 Å². The van der Waals surface area contributed by atoms with Crippen molar-refractivity contribution in [3.8, 4) is 0 Å². The molecule has 2 atom stereocenters. The van der Waals surface area contributed by atoms with Crippen molar-refractivity contribution in [2.24, 2.45) is 11.8 Å². The lowest BCUT2D eigenvalue weighted by molar-refractivity contribution is -0.139. The summed E-state index contributed by atoms with van der Waals surface area (Å²) in [6, 6.07) is 5.85. The standard InChI is InChI=1S/C20H20N2O3/c1-2-12-6-5-9-13-16(10-21-18(12)13)17(23)11-22-19(24)14-7-3-4-8-15(14)20(22)25/h3-6,9-10,14-15,21H,2,7-8,11H2,1H3/t14-,15-/m0/s1. The summed E-state index contributed by atoms with van der Waals surface area (Å²) in [5, 5.41) is 0.850. The van der Waals surface area contributed by atoms with Crippen LogP contribution >= 0.6 is 0 Å². The Labute approximate surface area is 145 Å². The van der Waals surface area contributed by atoms with E-state index >= 15 is 0 Å². The Morgan fingerprint density at radius 3 is 2.48 bits per heavy atom. The summed E-state index contributed by atoms with van der Waals surface area (Å²) >= 11 is 0. The summed E-state index contributed by atoms with van der Waals surface area (Å²) in [4.78, 5) is 42.2. The molecule has 1 saturated heterocycles. The van der Waals surface area contributed by atoms with Crippen LogP contribution in [0.4, 0.5) is 0 Å². The molecule has 1 N–H and O–H groups in total. The number of nitrogens with one attached hydrogen (secondary N) is 1. The number of rotatable bonds is 4. The van der Waals surface area contributed by atoms with E-state index in [9.17, 15) is 14.4 Å². The van der Waals surface area contributed by atoms with E-state index in [1.807, 2.05) is 30.4 Å². The number of allylic oxidation sites excluding steroid dienone is 2. The van der Waals surface area contributed by atoms with E-state index in [2.05, 4.69) is 11.9 Å². The Hall–Kier alpha value is -2.69. The Morgan fingerprint density at radius 2 is 1.84 bits per heavy atom. The fourth-order valence-corrected chi connectivity index (χ4v) is 4.00. The number of H-pyrrole nitrogens is 1. The number of imide groups is 1. The summed E-state index contributed by atoms with van der Waals surface area (Å²) in [6.45, 7) is 1.89. The molecule has 0 spiro atoms. The normalized spacial score (nSPS) is 22.7. The quantitative estimate of drug-likeness (QED) is 0.530. The number of benzene rings is 1. The van der Waals surface area contributed by atoms with Gasteiger partial charge in [0.1, 0.15) is 0 Å². The first-order valence-corrected chi connectivity index (χ1v) is 8.74. The summed E-state index contributed by atoms with van der Waals surface area (Å²) in [7, 11) is 0. The second kappa shape index (κ2) is 5.99. The minimum Gasteiger partial charge on any atom is -0.360 e. The smallest absolute Gasteiger partial charge is 0.233 e. The Bertz CT molecular complexity index is 883. The molecule has 5 nitrogen and oxygen atoms in total. The maximum absolute atomic E-state index is 12.8. The predicted molar refractivity (Wildman–Crippen MR) is 94.1 cm³/mol. The third kappa shape index (κ3) is 2.42. The van der Waals surface area contributed by atoms with Gasteiger partial charge in [0.25, 0.3) is 0 Å². The number of para-hydroxylation sites is 1. The number of aromatic nitrogens is 1. The van der Waals surface area contributed by atoms with Crippen molar-refractivity contribution in [3.05, 3.63) is 47.7 Å². The Balaban J connectivity index is 1.61. The van der Waals surface area contributed by atoms with Crippen LogP contribution in [0.15, 0.2) is 36.5 Å². The number of aryl methyl sites for hydroxylation is 1. The molecule has 1 aromatic heterocycles. The van der Waals surface area contributed by atoms with E-state index < -0.39 is 0 Å². The number of ketones is 1. The second-order valence-corrected chi connectivity index (χ2v) is 6.74. The Morgan fingerprint density at radius 1 is 1.16 bits per heavy atom. The molecule has 1 aliphatic heterocycles. The van der Waals surface area contributed by atoms with Gasteiger partial charge in [-0.05, 0) is 24.8 Å². The summed E-state index contributed by atoms with van der Waals surface area (Å²) < 4.78 is 0. The molecule has 2 amide bonds. The highest BCUT2D eigenvalue weighted by Gasteiger charge is 2.47. The van der Waals surface area contributed by atoms with Gasteiger partial charge in [0.05, 0.1) is 18.4 Å². The van der Waals surface area contributed by atoms with Crippen molar-refractivity contribution in [1.29, 1.82) is 0 Å². The summed E-state index contributed by atoms with van der Waals surface area (Å²) in [6.07, 6.45) is 7.63. The summed E-state index contributed by atoms with van der Waals surface area (Å²) in [5.41, 5.74) is 2.63. The molecule has 128 valence electrons. The molecule has 5 heteroatoms.